The molecular formula is C10H17N5O2. The number of imidazole rings is 1. The van der Waals surface area contributed by atoms with Gasteiger partial charge in [0.2, 0.25) is 0 Å². The molecule has 1 heterocycles. The monoisotopic (exact) mass is 239 g/mol. The van der Waals surface area contributed by atoms with Crippen LogP contribution in [0.5, 0.6) is 0 Å². The van der Waals surface area contributed by atoms with Crippen LogP contribution in [0.3, 0.4) is 0 Å². The van der Waals surface area contributed by atoms with Crippen LogP contribution in [-0.2, 0) is 7.05 Å². The predicted molar refractivity (Wildman–Crippen MR) is 62.7 cm³/mol. The zero-order valence-corrected chi connectivity index (χ0v) is 10.1. The number of amidine groups is 1. The average molecular weight is 239 g/mol. The zero-order chi connectivity index (χ0) is 13.1. The number of hydrogen-bond donors (Lipinski definition) is 3. The molecule has 17 heavy (non-hydrogen) atoms. The molecule has 0 aliphatic carbocycles. The molecule has 4 N–H and O–H groups in total. The maximum absolute atomic E-state index is 11.7. The van der Waals surface area contributed by atoms with Crippen LogP contribution in [0.2, 0.25) is 0 Å². The van der Waals surface area contributed by atoms with Crippen molar-refractivity contribution in [3.05, 3.63) is 18.2 Å². The van der Waals surface area contributed by atoms with Crippen LogP contribution < -0.4 is 11.1 Å². The highest BCUT2D eigenvalue weighted by Crippen LogP contribution is 2.13. The van der Waals surface area contributed by atoms with Gasteiger partial charge in [-0.2, -0.15) is 0 Å². The van der Waals surface area contributed by atoms with Crippen molar-refractivity contribution in [3.63, 3.8) is 0 Å². The molecule has 0 radical (unpaired) electrons. The molecule has 7 nitrogen and oxygen atoms in total. The number of carbonyl (C=O) groups is 1. The van der Waals surface area contributed by atoms with E-state index in [1.54, 1.807) is 38.0 Å². The Hall–Kier alpha value is -2.05. The van der Waals surface area contributed by atoms with Crippen molar-refractivity contribution in [3.8, 4) is 0 Å². The molecule has 0 bridgehead atoms. The number of aromatic nitrogens is 2. The van der Waals surface area contributed by atoms with E-state index in [4.69, 9.17) is 10.9 Å². The van der Waals surface area contributed by atoms with Crippen LogP contribution in [0.4, 0.5) is 0 Å². The number of nitrogens with zero attached hydrogens (tertiary/aromatic N) is 3. The quantitative estimate of drug-likeness (QED) is 0.296. The minimum Gasteiger partial charge on any atom is -0.409 e. The Kier molecular flexibility index (Phi) is 3.72. The van der Waals surface area contributed by atoms with Crippen LogP contribution >= 0.6 is 0 Å². The lowest BCUT2D eigenvalue weighted by molar-refractivity contribution is 0.0939. The second kappa shape index (κ2) is 4.86. The van der Waals surface area contributed by atoms with Gasteiger partial charge in [0, 0.05) is 25.2 Å². The Balaban J connectivity index is 2.60. The molecular weight excluding hydrogens is 222 g/mol. The molecule has 0 unspecified atom stereocenters. The molecule has 0 saturated carbocycles. The van der Waals surface area contributed by atoms with E-state index in [-0.39, 0.29) is 18.3 Å². The van der Waals surface area contributed by atoms with Crippen LogP contribution in [0.15, 0.2) is 17.7 Å². The number of amides is 1. The molecule has 0 aliphatic rings. The molecule has 0 fully saturated rings. The summed E-state index contributed by atoms with van der Waals surface area (Å²) in [6.45, 7) is 3.79. The van der Waals surface area contributed by atoms with Gasteiger partial charge in [0.1, 0.15) is 11.5 Å². The maximum Gasteiger partial charge on any atom is 0.271 e. The number of rotatable bonds is 4. The molecule has 1 rings (SSSR count). The van der Waals surface area contributed by atoms with Crippen molar-refractivity contribution in [1.82, 2.24) is 14.9 Å². The Morgan fingerprint density at radius 1 is 1.71 bits per heavy atom. The Morgan fingerprint density at radius 3 is 2.82 bits per heavy atom. The van der Waals surface area contributed by atoms with Gasteiger partial charge < -0.3 is 20.8 Å². The zero-order valence-electron chi connectivity index (χ0n) is 10.1. The summed E-state index contributed by atoms with van der Waals surface area (Å²) < 4.78 is 1.68. The van der Waals surface area contributed by atoms with E-state index in [1.807, 2.05) is 0 Å². The van der Waals surface area contributed by atoms with Crippen LogP contribution in [0.1, 0.15) is 24.3 Å². The fourth-order valence-electron chi connectivity index (χ4n) is 1.15. The fraction of sp³-hybridized carbons (Fsp3) is 0.500. The molecule has 7 heteroatoms. The Labute approximate surface area is 99.3 Å². The summed E-state index contributed by atoms with van der Waals surface area (Å²) in [5.41, 5.74) is 5.23. The topological polar surface area (TPSA) is 106 Å². The standard InChI is InChI=1S/C10H17N5O2/c1-10(2,9(11)14-17)5-12-8(16)7-4-15(3)6-13-7/h4,6,17H,5H2,1-3H3,(H2,11,14)(H,12,16). The summed E-state index contributed by atoms with van der Waals surface area (Å²) in [6.07, 6.45) is 3.16. The number of carbonyl (C=O) groups excluding carboxylic acids is 1. The van der Waals surface area contributed by atoms with Crippen molar-refractivity contribution in [2.24, 2.45) is 23.4 Å². The van der Waals surface area contributed by atoms with E-state index >= 15 is 0 Å². The van der Waals surface area contributed by atoms with Crippen LogP contribution in [0, 0.1) is 5.41 Å². The average Bonchev–Trinajstić information content (AvgIpc) is 2.71. The van der Waals surface area contributed by atoms with Crippen molar-refractivity contribution in [2.45, 2.75) is 13.8 Å². The lowest BCUT2D eigenvalue weighted by atomic mass is 9.92. The normalized spacial score (nSPS) is 12.5. The molecule has 0 saturated heterocycles. The van der Waals surface area contributed by atoms with Crippen molar-refractivity contribution < 1.29 is 10.0 Å². The summed E-state index contributed by atoms with van der Waals surface area (Å²) in [7, 11) is 1.78. The smallest absolute Gasteiger partial charge is 0.271 e. The number of oxime groups is 1. The summed E-state index contributed by atoms with van der Waals surface area (Å²) in [5.74, 6) is -0.219. The summed E-state index contributed by atoms with van der Waals surface area (Å²) >= 11 is 0. The first-order chi connectivity index (χ1) is 7.86. The van der Waals surface area contributed by atoms with Gasteiger partial charge in [-0.15, -0.1) is 0 Å². The third-order valence-electron chi connectivity index (χ3n) is 2.43. The third kappa shape index (κ3) is 3.20. The Bertz CT molecular complexity index is 436. The molecule has 0 aromatic carbocycles. The van der Waals surface area contributed by atoms with E-state index in [9.17, 15) is 4.79 Å². The highest BCUT2D eigenvalue weighted by atomic mass is 16.4. The first kappa shape index (κ1) is 13.0. The third-order valence-corrected chi connectivity index (χ3v) is 2.43. The summed E-state index contributed by atoms with van der Waals surface area (Å²) in [6, 6.07) is 0. The molecule has 0 spiro atoms. The fourth-order valence-corrected chi connectivity index (χ4v) is 1.15. The highest BCUT2D eigenvalue weighted by Gasteiger charge is 2.24. The van der Waals surface area contributed by atoms with Gasteiger partial charge in [0.15, 0.2) is 0 Å². The minimum atomic E-state index is -0.612. The largest absolute Gasteiger partial charge is 0.409 e. The second-order valence-corrected chi connectivity index (χ2v) is 4.48. The van der Waals surface area contributed by atoms with Gasteiger partial charge in [-0.25, -0.2) is 4.98 Å². The van der Waals surface area contributed by atoms with Crippen molar-refractivity contribution in [1.29, 1.82) is 0 Å². The summed E-state index contributed by atoms with van der Waals surface area (Å²) in [4.78, 5) is 15.6. The van der Waals surface area contributed by atoms with Gasteiger partial charge in [-0.3, -0.25) is 4.79 Å². The first-order valence-corrected chi connectivity index (χ1v) is 5.11. The lowest BCUT2D eigenvalue weighted by Gasteiger charge is -2.22. The minimum absolute atomic E-state index is 0.0684. The summed E-state index contributed by atoms with van der Waals surface area (Å²) in [5, 5.41) is 14.2. The second-order valence-electron chi connectivity index (χ2n) is 4.48. The number of nitrogens with one attached hydrogen (secondary N) is 1. The molecule has 0 atom stereocenters. The number of nitrogens with two attached hydrogens (primary N) is 1. The first-order valence-electron chi connectivity index (χ1n) is 5.11. The maximum atomic E-state index is 11.7. The van der Waals surface area contributed by atoms with Crippen LogP contribution in [-0.4, -0.2) is 33.0 Å². The molecule has 0 aliphatic heterocycles. The number of aryl methyl sites for hydroxylation is 1. The van der Waals surface area contributed by atoms with E-state index in [2.05, 4.69) is 15.5 Å². The highest BCUT2D eigenvalue weighted by molar-refractivity contribution is 5.93. The van der Waals surface area contributed by atoms with Crippen molar-refractivity contribution >= 4 is 11.7 Å². The van der Waals surface area contributed by atoms with Crippen molar-refractivity contribution in [2.75, 3.05) is 6.54 Å². The Morgan fingerprint density at radius 2 is 2.35 bits per heavy atom. The molecule has 1 amide bonds. The van der Waals surface area contributed by atoms with Crippen LogP contribution in [0.25, 0.3) is 0 Å². The molecule has 94 valence electrons. The van der Waals surface area contributed by atoms with E-state index < -0.39 is 5.41 Å². The van der Waals surface area contributed by atoms with Gasteiger partial charge in [-0.1, -0.05) is 19.0 Å². The van der Waals surface area contributed by atoms with E-state index in [0.717, 1.165) is 0 Å². The van der Waals surface area contributed by atoms with Gasteiger partial charge in [0.25, 0.3) is 5.91 Å². The van der Waals surface area contributed by atoms with E-state index in [0.29, 0.717) is 5.69 Å². The molecule has 1 aromatic rings. The lowest BCUT2D eigenvalue weighted by Crippen LogP contribution is -2.42. The van der Waals surface area contributed by atoms with Gasteiger partial charge in [0.05, 0.1) is 6.33 Å². The van der Waals surface area contributed by atoms with Gasteiger partial charge in [-0.05, 0) is 0 Å². The molecule has 1 aromatic heterocycles. The van der Waals surface area contributed by atoms with Gasteiger partial charge >= 0.3 is 0 Å². The van der Waals surface area contributed by atoms with E-state index in [1.165, 1.54) is 0 Å². The number of hydrogen-bond acceptors (Lipinski definition) is 4. The predicted octanol–water partition coefficient (Wildman–Crippen LogP) is -0.0775. The SMILES string of the molecule is Cn1cnc(C(=O)NCC(C)(C)C(N)=NO)c1.